The Bertz CT molecular complexity index is 1000. The van der Waals surface area contributed by atoms with Gasteiger partial charge in [0.05, 0.1) is 5.75 Å². The van der Waals surface area contributed by atoms with E-state index in [1.165, 1.54) is 11.8 Å². The summed E-state index contributed by atoms with van der Waals surface area (Å²) in [5.41, 5.74) is 4.03. The lowest BCUT2D eigenvalue weighted by Crippen LogP contribution is -2.19. The predicted octanol–water partition coefficient (Wildman–Crippen LogP) is 3.71. The molecule has 0 spiro atoms. The Balaban J connectivity index is 1.65. The number of carbonyl (C=O) groups is 1. The molecule has 0 saturated carbocycles. The fraction of sp³-hybridized carbons (Fsp3) is 0.190. The van der Waals surface area contributed by atoms with Gasteiger partial charge in [-0.3, -0.25) is 9.59 Å². The predicted molar refractivity (Wildman–Crippen MR) is 109 cm³/mol. The van der Waals surface area contributed by atoms with Crippen molar-refractivity contribution < 1.29 is 4.79 Å². The lowest BCUT2D eigenvalue weighted by molar-refractivity contribution is -0.113. The van der Waals surface area contributed by atoms with Crippen LogP contribution in [0.25, 0.3) is 0 Å². The molecule has 1 heterocycles. The number of amides is 1. The number of rotatable bonds is 6. The van der Waals surface area contributed by atoms with Crippen LogP contribution in [0.15, 0.2) is 64.5 Å². The van der Waals surface area contributed by atoms with Crippen molar-refractivity contribution in [2.75, 3.05) is 11.1 Å². The van der Waals surface area contributed by atoms with Crippen molar-refractivity contribution >= 4 is 23.4 Å². The molecule has 138 valence electrons. The van der Waals surface area contributed by atoms with E-state index < -0.39 is 0 Å². The van der Waals surface area contributed by atoms with E-state index in [1.807, 2.05) is 68.4 Å². The third kappa shape index (κ3) is 5.08. The molecule has 0 unspecified atom stereocenters. The van der Waals surface area contributed by atoms with Gasteiger partial charge in [0.15, 0.2) is 5.16 Å². The van der Waals surface area contributed by atoms with E-state index in [0.29, 0.717) is 22.8 Å². The lowest BCUT2D eigenvalue weighted by Gasteiger charge is -2.09. The third-order valence-corrected chi connectivity index (χ3v) is 5.06. The molecule has 27 heavy (non-hydrogen) atoms. The number of hydrogen-bond donors (Lipinski definition) is 2. The molecule has 0 aliphatic carbocycles. The highest BCUT2D eigenvalue weighted by molar-refractivity contribution is 7.99. The second kappa shape index (κ2) is 8.68. The number of thioether (sulfide) groups is 1. The average Bonchev–Trinajstić information content (AvgIpc) is 2.66. The number of carbonyl (C=O) groups excluding carboxylic acids is 1. The van der Waals surface area contributed by atoms with Crippen LogP contribution in [0.1, 0.15) is 22.4 Å². The van der Waals surface area contributed by atoms with E-state index in [0.717, 1.165) is 16.8 Å². The SMILES string of the molecule is Cc1ccccc1NC(=O)CSc1nc(C)c(Cc2ccccc2)c(=O)[nH]1. The van der Waals surface area contributed by atoms with Gasteiger partial charge >= 0.3 is 0 Å². The molecule has 3 rings (SSSR count). The van der Waals surface area contributed by atoms with Crippen LogP contribution in [0.4, 0.5) is 5.69 Å². The lowest BCUT2D eigenvalue weighted by atomic mass is 10.1. The molecule has 2 N–H and O–H groups in total. The first kappa shape index (κ1) is 18.9. The maximum absolute atomic E-state index is 12.4. The van der Waals surface area contributed by atoms with Crippen LogP contribution in [-0.2, 0) is 11.2 Å². The van der Waals surface area contributed by atoms with Crippen molar-refractivity contribution in [1.29, 1.82) is 0 Å². The van der Waals surface area contributed by atoms with Gasteiger partial charge in [-0.1, -0.05) is 60.3 Å². The second-order valence-corrected chi connectivity index (χ2v) is 7.21. The van der Waals surface area contributed by atoms with Crippen molar-refractivity contribution in [3.05, 3.63) is 87.3 Å². The van der Waals surface area contributed by atoms with Gasteiger partial charge in [-0.15, -0.1) is 0 Å². The summed E-state index contributed by atoms with van der Waals surface area (Å²) in [6.07, 6.45) is 0.535. The Labute approximate surface area is 162 Å². The van der Waals surface area contributed by atoms with Crippen LogP contribution in [0.5, 0.6) is 0 Å². The molecule has 0 atom stereocenters. The summed E-state index contributed by atoms with van der Waals surface area (Å²) in [5, 5.41) is 3.33. The fourth-order valence-corrected chi connectivity index (χ4v) is 3.40. The number of hydrogen-bond acceptors (Lipinski definition) is 4. The van der Waals surface area contributed by atoms with Gasteiger partial charge in [0.1, 0.15) is 0 Å². The molecule has 0 saturated heterocycles. The number of anilines is 1. The number of aromatic amines is 1. The summed E-state index contributed by atoms with van der Waals surface area (Å²) in [4.78, 5) is 31.8. The highest BCUT2D eigenvalue weighted by atomic mass is 32.2. The Morgan fingerprint density at radius 3 is 2.48 bits per heavy atom. The number of aromatic nitrogens is 2. The first-order valence-corrected chi connectivity index (χ1v) is 9.63. The topological polar surface area (TPSA) is 74.8 Å². The third-order valence-electron chi connectivity index (χ3n) is 4.18. The summed E-state index contributed by atoms with van der Waals surface area (Å²) < 4.78 is 0. The number of nitrogens with one attached hydrogen (secondary N) is 2. The van der Waals surface area contributed by atoms with E-state index in [1.54, 1.807) is 0 Å². The van der Waals surface area contributed by atoms with Gasteiger partial charge < -0.3 is 10.3 Å². The van der Waals surface area contributed by atoms with Crippen LogP contribution in [0.2, 0.25) is 0 Å². The number of benzene rings is 2. The number of aryl methyl sites for hydroxylation is 2. The van der Waals surface area contributed by atoms with Gasteiger partial charge in [0.2, 0.25) is 5.91 Å². The fourth-order valence-electron chi connectivity index (χ4n) is 2.69. The largest absolute Gasteiger partial charge is 0.325 e. The minimum Gasteiger partial charge on any atom is -0.325 e. The van der Waals surface area contributed by atoms with E-state index in [-0.39, 0.29) is 17.2 Å². The second-order valence-electron chi connectivity index (χ2n) is 6.25. The molecule has 5 nitrogen and oxygen atoms in total. The summed E-state index contributed by atoms with van der Waals surface area (Å²) in [7, 11) is 0. The Kier molecular flexibility index (Phi) is 6.08. The van der Waals surface area contributed by atoms with E-state index in [2.05, 4.69) is 15.3 Å². The summed E-state index contributed by atoms with van der Waals surface area (Å²) >= 11 is 1.22. The normalized spacial score (nSPS) is 10.6. The molecule has 0 aliphatic heterocycles. The Morgan fingerprint density at radius 1 is 1.07 bits per heavy atom. The quantitative estimate of drug-likeness (QED) is 0.506. The molecular formula is C21H21N3O2S. The monoisotopic (exact) mass is 379 g/mol. The van der Waals surface area contributed by atoms with Gasteiger partial charge in [-0.05, 0) is 31.0 Å². The summed E-state index contributed by atoms with van der Waals surface area (Å²) in [6, 6.07) is 17.4. The van der Waals surface area contributed by atoms with Crippen molar-refractivity contribution in [3.63, 3.8) is 0 Å². The minimum absolute atomic E-state index is 0.136. The van der Waals surface area contributed by atoms with Crippen LogP contribution >= 0.6 is 11.8 Å². The molecule has 1 amide bonds. The molecule has 2 aromatic carbocycles. The number of nitrogens with zero attached hydrogens (tertiary/aromatic N) is 1. The van der Waals surface area contributed by atoms with Gasteiger partial charge in [0, 0.05) is 23.4 Å². The van der Waals surface area contributed by atoms with Gasteiger partial charge in [-0.25, -0.2) is 4.98 Å². The first-order valence-electron chi connectivity index (χ1n) is 8.65. The van der Waals surface area contributed by atoms with Crippen molar-refractivity contribution in [3.8, 4) is 0 Å². The van der Waals surface area contributed by atoms with Crippen LogP contribution in [0.3, 0.4) is 0 Å². The Morgan fingerprint density at radius 2 is 1.78 bits per heavy atom. The zero-order valence-electron chi connectivity index (χ0n) is 15.3. The molecule has 0 aliphatic rings. The molecule has 0 fully saturated rings. The Hall–Kier alpha value is -2.86. The first-order chi connectivity index (χ1) is 13.0. The molecule has 6 heteroatoms. The standard InChI is InChI=1S/C21H21N3O2S/c1-14-8-6-7-11-18(14)23-19(25)13-27-21-22-15(2)17(20(26)24-21)12-16-9-4-3-5-10-16/h3-11H,12-13H2,1-2H3,(H,23,25)(H,22,24,26). The molecular weight excluding hydrogens is 358 g/mol. The van der Waals surface area contributed by atoms with Gasteiger partial charge in [-0.2, -0.15) is 0 Å². The van der Waals surface area contributed by atoms with Gasteiger partial charge in [0.25, 0.3) is 5.56 Å². The number of para-hydroxylation sites is 1. The minimum atomic E-state index is -0.159. The van der Waals surface area contributed by atoms with E-state index in [9.17, 15) is 9.59 Å². The van der Waals surface area contributed by atoms with Crippen molar-refractivity contribution in [1.82, 2.24) is 9.97 Å². The molecule has 0 radical (unpaired) electrons. The van der Waals surface area contributed by atoms with E-state index >= 15 is 0 Å². The van der Waals surface area contributed by atoms with Crippen LogP contribution in [0, 0.1) is 13.8 Å². The van der Waals surface area contributed by atoms with Crippen LogP contribution in [-0.4, -0.2) is 21.6 Å². The highest BCUT2D eigenvalue weighted by Crippen LogP contribution is 2.17. The van der Waals surface area contributed by atoms with Crippen molar-refractivity contribution in [2.45, 2.75) is 25.4 Å². The smallest absolute Gasteiger partial charge is 0.255 e. The van der Waals surface area contributed by atoms with Crippen molar-refractivity contribution in [2.24, 2.45) is 0 Å². The average molecular weight is 379 g/mol. The highest BCUT2D eigenvalue weighted by Gasteiger charge is 2.11. The molecule has 1 aromatic heterocycles. The maximum Gasteiger partial charge on any atom is 0.255 e. The number of H-pyrrole nitrogens is 1. The zero-order valence-corrected chi connectivity index (χ0v) is 16.1. The summed E-state index contributed by atoms with van der Waals surface area (Å²) in [5.74, 6) is 0.0392. The van der Waals surface area contributed by atoms with Crippen LogP contribution < -0.4 is 10.9 Å². The van der Waals surface area contributed by atoms with E-state index in [4.69, 9.17) is 0 Å². The summed E-state index contributed by atoms with van der Waals surface area (Å²) in [6.45, 7) is 3.77. The molecule has 3 aromatic rings. The molecule has 0 bridgehead atoms. The zero-order chi connectivity index (χ0) is 19.2. The maximum atomic E-state index is 12.4.